The average molecular weight is 435 g/mol. The molecule has 5 heterocycles. The molecule has 0 bridgehead atoms. The number of allylic oxidation sites excluding steroid dienone is 1. The van der Waals surface area contributed by atoms with E-state index in [1.54, 1.807) is 6.21 Å². The molecule has 8 heteroatoms. The Hall–Kier alpha value is -3.06. The van der Waals surface area contributed by atoms with E-state index >= 15 is 0 Å². The maximum Gasteiger partial charge on any atom is 0.154 e. The quantitative estimate of drug-likeness (QED) is 0.666. The summed E-state index contributed by atoms with van der Waals surface area (Å²) in [6.45, 7) is 1.79. The van der Waals surface area contributed by atoms with E-state index in [0.717, 1.165) is 55.3 Å². The van der Waals surface area contributed by atoms with Gasteiger partial charge in [0.1, 0.15) is 28.5 Å². The normalized spacial score (nSPS) is 22.2. The van der Waals surface area contributed by atoms with Crippen molar-refractivity contribution in [3.8, 4) is 5.75 Å². The van der Waals surface area contributed by atoms with Crippen LogP contribution in [0.15, 0.2) is 58.7 Å². The summed E-state index contributed by atoms with van der Waals surface area (Å²) >= 11 is 6.47. The minimum atomic E-state index is -0.0908. The number of fused-ring (bicyclic) bond motifs is 2. The summed E-state index contributed by atoms with van der Waals surface area (Å²) in [5, 5.41) is 0.547. The first-order valence-electron chi connectivity index (χ1n) is 10.7. The van der Waals surface area contributed by atoms with Crippen LogP contribution in [0.5, 0.6) is 5.75 Å². The smallest absolute Gasteiger partial charge is 0.154 e. The van der Waals surface area contributed by atoms with Gasteiger partial charge in [0.25, 0.3) is 0 Å². The second-order valence-corrected chi connectivity index (χ2v) is 8.92. The van der Waals surface area contributed by atoms with Crippen molar-refractivity contribution in [3.05, 3.63) is 65.1 Å². The molecule has 1 aromatic carbocycles. The van der Waals surface area contributed by atoms with Gasteiger partial charge in [-0.25, -0.2) is 15.0 Å². The van der Waals surface area contributed by atoms with Crippen LogP contribution in [0.2, 0.25) is 0 Å². The van der Waals surface area contributed by atoms with E-state index < -0.39 is 0 Å². The van der Waals surface area contributed by atoms with Crippen molar-refractivity contribution in [2.45, 2.75) is 37.2 Å². The number of aliphatic imine (C=N–C) groups is 1. The fourth-order valence-electron chi connectivity index (χ4n) is 5.03. The molecular weight excluding hydrogens is 412 g/mol. The molecule has 1 fully saturated rings. The number of rotatable bonds is 2. The molecule has 0 aliphatic carbocycles. The standard InChI is InChI=1S/C23H23ClN6O/c24-19-16(5-8-26-20(19)25)21-28-14-17-22(27-9-12-30(17)21)29-10-6-23(7-11-29)13-15-3-1-2-4-18(15)31-23/h1-4,8-9,12,14,16H,5-7,10-11,13,25H2. The van der Waals surface area contributed by atoms with E-state index in [2.05, 4.69) is 32.5 Å². The number of hydrogen-bond donors (Lipinski definition) is 1. The molecule has 158 valence electrons. The fraction of sp³-hybridized carbons (Fsp3) is 0.348. The highest BCUT2D eigenvalue weighted by Gasteiger charge is 2.42. The Morgan fingerprint density at radius 3 is 2.84 bits per heavy atom. The number of ether oxygens (including phenoxy) is 1. The highest BCUT2D eigenvalue weighted by Crippen LogP contribution is 2.42. The number of hydrogen-bond acceptors (Lipinski definition) is 6. The zero-order valence-corrected chi connectivity index (χ0v) is 17.8. The summed E-state index contributed by atoms with van der Waals surface area (Å²) in [5.41, 5.74) is 8.14. The van der Waals surface area contributed by atoms with Crippen LogP contribution in [0.25, 0.3) is 5.52 Å². The number of halogens is 1. The van der Waals surface area contributed by atoms with Gasteiger partial charge in [-0.1, -0.05) is 29.8 Å². The van der Waals surface area contributed by atoms with Crippen LogP contribution in [0, 0.1) is 0 Å². The molecule has 0 amide bonds. The van der Waals surface area contributed by atoms with E-state index in [1.165, 1.54) is 5.56 Å². The molecule has 1 unspecified atom stereocenters. The maximum atomic E-state index is 6.47. The zero-order chi connectivity index (χ0) is 21.0. The fourth-order valence-corrected chi connectivity index (χ4v) is 5.26. The van der Waals surface area contributed by atoms with E-state index in [9.17, 15) is 0 Å². The maximum absolute atomic E-state index is 6.47. The predicted octanol–water partition coefficient (Wildman–Crippen LogP) is 3.63. The second kappa shape index (κ2) is 6.99. The third-order valence-electron chi connectivity index (χ3n) is 6.69. The lowest BCUT2D eigenvalue weighted by atomic mass is 9.87. The Kier molecular flexibility index (Phi) is 4.21. The molecule has 3 aliphatic heterocycles. The van der Waals surface area contributed by atoms with Crippen LogP contribution in [0.1, 0.15) is 36.6 Å². The minimum Gasteiger partial charge on any atom is -0.487 e. The largest absolute Gasteiger partial charge is 0.487 e. The number of piperidine rings is 1. The number of para-hydroxylation sites is 1. The van der Waals surface area contributed by atoms with Crippen molar-refractivity contribution in [2.24, 2.45) is 10.7 Å². The third kappa shape index (κ3) is 2.98. The lowest BCUT2D eigenvalue weighted by Gasteiger charge is -2.39. The molecule has 31 heavy (non-hydrogen) atoms. The first-order valence-corrected chi connectivity index (χ1v) is 11.0. The summed E-state index contributed by atoms with van der Waals surface area (Å²) in [6.07, 6.45) is 11.1. The molecule has 3 aromatic rings. The molecule has 1 spiro atoms. The summed E-state index contributed by atoms with van der Waals surface area (Å²) in [6, 6.07) is 8.39. The van der Waals surface area contributed by atoms with Gasteiger partial charge >= 0.3 is 0 Å². The highest BCUT2D eigenvalue weighted by atomic mass is 35.5. The molecule has 3 aliphatic rings. The van der Waals surface area contributed by atoms with Gasteiger partial charge in [-0.05, 0) is 18.1 Å². The average Bonchev–Trinajstić information content (AvgIpc) is 3.37. The minimum absolute atomic E-state index is 0.0893. The molecule has 6 rings (SSSR count). The first-order chi connectivity index (χ1) is 15.1. The molecule has 2 aromatic heterocycles. The van der Waals surface area contributed by atoms with E-state index in [1.807, 2.05) is 24.7 Å². The molecule has 0 radical (unpaired) electrons. The molecule has 0 saturated carbocycles. The van der Waals surface area contributed by atoms with Gasteiger partial charge < -0.3 is 15.4 Å². The lowest BCUT2D eigenvalue weighted by Crippen LogP contribution is -2.47. The second-order valence-electron chi connectivity index (χ2n) is 8.51. The Morgan fingerprint density at radius 1 is 1.16 bits per heavy atom. The molecular formula is C23H23ClN6O. The Balaban J connectivity index is 1.26. The summed E-state index contributed by atoms with van der Waals surface area (Å²) in [5.74, 6) is 3.12. The number of imidazole rings is 1. The highest BCUT2D eigenvalue weighted by molar-refractivity contribution is 6.31. The summed E-state index contributed by atoms with van der Waals surface area (Å²) in [7, 11) is 0. The van der Waals surface area contributed by atoms with Crippen LogP contribution >= 0.6 is 11.6 Å². The number of anilines is 1. The van der Waals surface area contributed by atoms with Gasteiger partial charge in [0, 0.05) is 51.0 Å². The van der Waals surface area contributed by atoms with Crippen LogP contribution in [-0.4, -0.2) is 39.3 Å². The van der Waals surface area contributed by atoms with E-state index in [-0.39, 0.29) is 11.5 Å². The molecule has 7 nitrogen and oxygen atoms in total. The van der Waals surface area contributed by atoms with Crippen molar-refractivity contribution >= 4 is 29.2 Å². The SMILES string of the molecule is NC1=C(Cl)C(c2ncc3c(N4CCC5(CC4)Cc4ccccc4O5)nccn23)CC=N1. The van der Waals surface area contributed by atoms with Gasteiger partial charge in [-0.15, -0.1) is 0 Å². The number of nitrogens with zero attached hydrogens (tertiary/aromatic N) is 5. The van der Waals surface area contributed by atoms with Crippen molar-refractivity contribution in [2.75, 3.05) is 18.0 Å². The van der Waals surface area contributed by atoms with E-state index in [0.29, 0.717) is 17.3 Å². The molecule has 1 atom stereocenters. The van der Waals surface area contributed by atoms with Crippen molar-refractivity contribution in [1.82, 2.24) is 14.4 Å². The molecule has 2 N–H and O–H groups in total. The Morgan fingerprint density at radius 2 is 2.00 bits per heavy atom. The predicted molar refractivity (Wildman–Crippen MR) is 121 cm³/mol. The summed E-state index contributed by atoms with van der Waals surface area (Å²) in [4.78, 5) is 15.9. The van der Waals surface area contributed by atoms with Crippen molar-refractivity contribution in [1.29, 1.82) is 0 Å². The number of nitrogens with two attached hydrogens (primary N) is 1. The van der Waals surface area contributed by atoms with Gasteiger partial charge in [0.15, 0.2) is 5.82 Å². The van der Waals surface area contributed by atoms with Crippen LogP contribution in [-0.2, 0) is 6.42 Å². The lowest BCUT2D eigenvalue weighted by molar-refractivity contribution is 0.0667. The zero-order valence-electron chi connectivity index (χ0n) is 17.0. The van der Waals surface area contributed by atoms with Crippen LogP contribution < -0.4 is 15.4 Å². The van der Waals surface area contributed by atoms with Gasteiger partial charge in [-0.3, -0.25) is 4.40 Å². The van der Waals surface area contributed by atoms with Gasteiger partial charge in [0.05, 0.1) is 17.1 Å². The Labute approximate surface area is 185 Å². The Bertz CT molecular complexity index is 1200. The topological polar surface area (TPSA) is 81.0 Å². The third-order valence-corrected chi connectivity index (χ3v) is 7.14. The number of benzene rings is 1. The number of aromatic nitrogens is 3. The van der Waals surface area contributed by atoms with Gasteiger partial charge in [0.2, 0.25) is 0 Å². The first kappa shape index (κ1) is 18.7. The summed E-state index contributed by atoms with van der Waals surface area (Å²) < 4.78 is 8.48. The van der Waals surface area contributed by atoms with Gasteiger partial charge in [-0.2, -0.15) is 0 Å². The van der Waals surface area contributed by atoms with Crippen molar-refractivity contribution in [3.63, 3.8) is 0 Å². The van der Waals surface area contributed by atoms with Crippen LogP contribution in [0.4, 0.5) is 5.82 Å². The van der Waals surface area contributed by atoms with Crippen molar-refractivity contribution < 1.29 is 4.74 Å². The monoisotopic (exact) mass is 434 g/mol. The van der Waals surface area contributed by atoms with E-state index in [4.69, 9.17) is 32.0 Å². The molecule has 1 saturated heterocycles. The van der Waals surface area contributed by atoms with Crippen LogP contribution in [0.3, 0.4) is 0 Å².